The molecule has 2 aromatic carbocycles. The molecule has 1 atom stereocenters. The smallest absolute Gasteiger partial charge is 0.254 e. The average molecular weight is 515 g/mol. The molecule has 0 bridgehead atoms. The molecule has 1 unspecified atom stereocenters. The number of carbonyl (C=O) groups is 2. The van der Waals surface area contributed by atoms with E-state index in [-0.39, 0.29) is 17.6 Å². The Labute approximate surface area is 219 Å². The number of thiophene rings is 1. The summed E-state index contributed by atoms with van der Waals surface area (Å²) in [5, 5.41) is 21.8. The lowest BCUT2D eigenvalue weighted by atomic mass is 9.86. The molecule has 0 spiro atoms. The maximum absolute atomic E-state index is 13.3. The number of allylic oxidation sites excluding steroid dienone is 2. The fourth-order valence-corrected chi connectivity index (χ4v) is 5.73. The summed E-state index contributed by atoms with van der Waals surface area (Å²) in [6, 6.07) is 25.4. The first-order valence-electron chi connectivity index (χ1n) is 11.5. The molecule has 8 heteroatoms. The second-order valence-corrected chi connectivity index (χ2v) is 10.1. The molecule has 1 aliphatic rings. The van der Waals surface area contributed by atoms with Gasteiger partial charge in [-0.3, -0.25) is 9.59 Å². The summed E-state index contributed by atoms with van der Waals surface area (Å²) in [4.78, 5) is 26.7. The van der Waals surface area contributed by atoms with Crippen molar-refractivity contribution in [2.45, 2.75) is 19.3 Å². The van der Waals surface area contributed by atoms with E-state index >= 15 is 0 Å². The number of thioether (sulfide) groups is 1. The van der Waals surface area contributed by atoms with Gasteiger partial charge in [0.25, 0.3) is 5.91 Å². The fraction of sp³-hybridized carbons (Fsp3) is 0.179. The Morgan fingerprint density at radius 2 is 1.78 bits per heavy atom. The zero-order valence-corrected chi connectivity index (χ0v) is 21.4. The van der Waals surface area contributed by atoms with Crippen molar-refractivity contribution >= 4 is 40.6 Å². The fourth-order valence-electron chi connectivity index (χ4n) is 3.97. The lowest BCUT2D eigenvalue weighted by molar-refractivity contribution is -0.118. The number of carbonyl (C=O) groups excluding carboxylic acids is 2. The molecule has 0 radical (unpaired) electrons. The molecule has 36 heavy (non-hydrogen) atoms. The number of nitrogens with zero attached hydrogens (tertiary/aromatic N) is 1. The molecular formula is C28H26N4O2S2. The highest BCUT2D eigenvalue weighted by Crippen LogP contribution is 2.42. The van der Waals surface area contributed by atoms with E-state index < -0.39 is 5.92 Å². The van der Waals surface area contributed by atoms with Crippen LogP contribution in [0.15, 0.2) is 100 Å². The largest absolute Gasteiger partial charge is 0.355 e. The van der Waals surface area contributed by atoms with E-state index in [0.717, 1.165) is 16.9 Å². The SMILES string of the molecule is CC1=C(C(=O)Nc2ccccc2)C(c2cccs2)C(C#N)=C(SCC(=O)NCCc2ccccc2)N1. The summed E-state index contributed by atoms with van der Waals surface area (Å²) in [5.41, 5.74) is 3.43. The van der Waals surface area contributed by atoms with Crippen LogP contribution in [0.1, 0.15) is 23.3 Å². The van der Waals surface area contributed by atoms with Crippen LogP contribution in [0.4, 0.5) is 5.69 Å². The van der Waals surface area contributed by atoms with Crippen LogP contribution in [0.25, 0.3) is 0 Å². The molecule has 2 heterocycles. The van der Waals surface area contributed by atoms with Gasteiger partial charge in [0, 0.05) is 28.4 Å². The van der Waals surface area contributed by atoms with E-state index in [9.17, 15) is 14.9 Å². The van der Waals surface area contributed by atoms with Crippen molar-refractivity contribution in [2.24, 2.45) is 0 Å². The Balaban J connectivity index is 1.48. The third-order valence-corrected chi connectivity index (χ3v) is 7.63. The number of dihydropyridines is 1. The van der Waals surface area contributed by atoms with Crippen LogP contribution in [0.3, 0.4) is 0 Å². The van der Waals surface area contributed by atoms with Crippen molar-refractivity contribution in [3.8, 4) is 6.07 Å². The van der Waals surface area contributed by atoms with E-state index in [0.29, 0.717) is 34.1 Å². The number of anilines is 1. The van der Waals surface area contributed by atoms with Crippen LogP contribution in [-0.4, -0.2) is 24.1 Å². The molecule has 2 amide bonds. The summed E-state index contributed by atoms with van der Waals surface area (Å²) in [7, 11) is 0. The molecule has 0 saturated heterocycles. The third-order valence-electron chi connectivity index (χ3n) is 5.68. The van der Waals surface area contributed by atoms with Gasteiger partial charge in [-0.2, -0.15) is 5.26 Å². The minimum Gasteiger partial charge on any atom is -0.355 e. The van der Waals surface area contributed by atoms with Gasteiger partial charge < -0.3 is 16.0 Å². The van der Waals surface area contributed by atoms with Crippen molar-refractivity contribution in [1.82, 2.24) is 10.6 Å². The molecule has 3 N–H and O–H groups in total. The predicted molar refractivity (Wildman–Crippen MR) is 146 cm³/mol. The van der Waals surface area contributed by atoms with Crippen molar-refractivity contribution in [2.75, 3.05) is 17.6 Å². The van der Waals surface area contributed by atoms with Crippen LogP contribution in [-0.2, 0) is 16.0 Å². The molecule has 0 saturated carbocycles. The monoisotopic (exact) mass is 514 g/mol. The Bertz CT molecular complexity index is 1310. The van der Waals surface area contributed by atoms with Gasteiger partial charge in [0.2, 0.25) is 5.91 Å². The molecule has 4 rings (SSSR count). The van der Waals surface area contributed by atoms with Gasteiger partial charge >= 0.3 is 0 Å². The lowest BCUT2D eigenvalue weighted by Crippen LogP contribution is -2.31. The van der Waals surface area contributed by atoms with Crippen LogP contribution in [0.5, 0.6) is 0 Å². The van der Waals surface area contributed by atoms with Crippen LogP contribution < -0.4 is 16.0 Å². The van der Waals surface area contributed by atoms with Gasteiger partial charge in [-0.15, -0.1) is 11.3 Å². The number of nitriles is 1. The van der Waals surface area contributed by atoms with Gasteiger partial charge in [0.05, 0.1) is 28.3 Å². The number of rotatable bonds is 9. The quantitative estimate of drug-likeness (QED) is 0.366. The first-order valence-corrected chi connectivity index (χ1v) is 13.4. The minimum atomic E-state index is -0.511. The number of hydrogen-bond acceptors (Lipinski definition) is 6. The maximum atomic E-state index is 13.3. The first-order chi connectivity index (χ1) is 17.6. The van der Waals surface area contributed by atoms with Gasteiger partial charge in [0.15, 0.2) is 0 Å². The predicted octanol–water partition coefficient (Wildman–Crippen LogP) is 5.17. The zero-order valence-electron chi connectivity index (χ0n) is 19.8. The van der Waals surface area contributed by atoms with Crippen LogP contribution in [0.2, 0.25) is 0 Å². The average Bonchev–Trinajstić information content (AvgIpc) is 3.43. The summed E-state index contributed by atoms with van der Waals surface area (Å²) >= 11 is 2.78. The zero-order chi connectivity index (χ0) is 25.3. The summed E-state index contributed by atoms with van der Waals surface area (Å²) in [5.74, 6) is -0.716. The number of para-hydroxylation sites is 1. The Hall–Kier alpha value is -3.80. The van der Waals surface area contributed by atoms with Gasteiger partial charge in [0.1, 0.15) is 0 Å². The Morgan fingerprint density at radius 3 is 2.44 bits per heavy atom. The second kappa shape index (κ2) is 12.2. The molecule has 3 aromatic rings. The maximum Gasteiger partial charge on any atom is 0.254 e. The highest BCUT2D eigenvalue weighted by Gasteiger charge is 2.35. The topological polar surface area (TPSA) is 94.0 Å². The van der Waals surface area contributed by atoms with E-state index in [1.54, 1.807) is 0 Å². The highest BCUT2D eigenvalue weighted by atomic mass is 32.2. The summed E-state index contributed by atoms with van der Waals surface area (Å²) in [6.45, 7) is 2.37. The first kappa shape index (κ1) is 25.3. The molecular weight excluding hydrogens is 488 g/mol. The van der Waals surface area contributed by atoms with E-state index in [1.807, 2.05) is 85.1 Å². The number of benzene rings is 2. The van der Waals surface area contributed by atoms with Crippen LogP contribution >= 0.6 is 23.1 Å². The normalized spacial score (nSPS) is 15.2. The van der Waals surface area contributed by atoms with E-state index in [2.05, 4.69) is 22.0 Å². The highest BCUT2D eigenvalue weighted by molar-refractivity contribution is 8.03. The van der Waals surface area contributed by atoms with E-state index in [4.69, 9.17) is 0 Å². The van der Waals surface area contributed by atoms with Gasteiger partial charge in [-0.25, -0.2) is 0 Å². The van der Waals surface area contributed by atoms with Crippen LogP contribution in [0, 0.1) is 11.3 Å². The minimum absolute atomic E-state index is 0.107. The van der Waals surface area contributed by atoms with Gasteiger partial charge in [-0.1, -0.05) is 66.4 Å². The molecule has 0 fully saturated rings. The van der Waals surface area contributed by atoms with Crippen molar-refractivity contribution < 1.29 is 9.59 Å². The van der Waals surface area contributed by atoms with E-state index in [1.165, 1.54) is 23.1 Å². The Kier molecular flexibility index (Phi) is 8.61. The molecule has 182 valence electrons. The van der Waals surface area contributed by atoms with Crippen molar-refractivity contribution in [3.63, 3.8) is 0 Å². The molecule has 1 aliphatic heterocycles. The number of nitrogens with one attached hydrogen (secondary N) is 3. The Morgan fingerprint density at radius 1 is 1.06 bits per heavy atom. The van der Waals surface area contributed by atoms with Crippen molar-refractivity contribution in [1.29, 1.82) is 5.26 Å². The molecule has 0 aliphatic carbocycles. The summed E-state index contributed by atoms with van der Waals surface area (Å²) in [6.07, 6.45) is 0.754. The summed E-state index contributed by atoms with van der Waals surface area (Å²) < 4.78 is 0. The standard InChI is InChI=1S/C28H26N4O2S2/c1-19-25(27(34)32-21-11-6-3-7-12-21)26(23-13-8-16-35-23)22(17-29)28(31-19)36-18-24(33)30-15-14-20-9-4-2-5-10-20/h2-13,16,26,31H,14-15,18H2,1H3,(H,30,33)(H,32,34). The molecule has 6 nitrogen and oxygen atoms in total. The molecule has 1 aromatic heterocycles. The number of amides is 2. The second-order valence-electron chi connectivity index (χ2n) is 8.16. The van der Waals surface area contributed by atoms with Crippen molar-refractivity contribution in [3.05, 3.63) is 110 Å². The number of hydrogen-bond donors (Lipinski definition) is 3. The lowest BCUT2D eigenvalue weighted by Gasteiger charge is -2.29. The van der Waals surface area contributed by atoms with Gasteiger partial charge in [-0.05, 0) is 42.5 Å². The third kappa shape index (κ3) is 6.25.